The Bertz CT molecular complexity index is 916. The quantitative estimate of drug-likeness (QED) is 0.437. The smallest absolute Gasteiger partial charge is 0.237 e. The number of rotatable bonds is 9. The van der Waals surface area contributed by atoms with E-state index in [1.54, 1.807) is 14.2 Å². The lowest BCUT2D eigenvalue weighted by Crippen LogP contribution is -2.23. The van der Waals surface area contributed by atoms with Crippen LogP contribution in [-0.4, -0.2) is 26.3 Å². The lowest BCUT2D eigenvalue weighted by atomic mass is 10.1. The Hall–Kier alpha value is -2.99. The number of benzene rings is 2. The number of alkyl halides is 1. The summed E-state index contributed by atoms with van der Waals surface area (Å²) in [5, 5.41) is 0. The molecule has 3 aromatic rings. The van der Waals surface area contributed by atoms with Crippen molar-refractivity contribution < 1.29 is 18.6 Å². The summed E-state index contributed by atoms with van der Waals surface area (Å²) >= 11 is 5.81. The lowest BCUT2D eigenvalue weighted by molar-refractivity contribution is 0.393. The number of anilines is 1. The molecule has 1 heterocycles. The average molecular weight is 431 g/mol. The zero-order valence-corrected chi connectivity index (χ0v) is 17.9. The molecule has 0 aliphatic rings. The van der Waals surface area contributed by atoms with Crippen LogP contribution in [0, 0.1) is 5.82 Å². The largest absolute Gasteiger partial charge is 0.497 e. The van der Waals surface area contributed by atoms with Crippen molar-refractivity contribution in [2.24, 2.45) is 0 Å². The maximum atomic E-state index is 14.5. The van der Waals surface area contributed by atoms with Gasteiger partial charge in [-0.15, -0.1) is 11.6 Å². The standard InChI is InChI=1S/C23H24ClFN2O3/c1-28-18-8-4-16(5-9-18)14-27(15-17-6-10-19(29-2)11-7-17)22-12-20(25)21(13-24)26-23(22)30-3/h4-12H,13-15H2,1-3H3. The molecule has 0 N–H and O–H groups in total. The van der Waals surface area contributed by atoms with Crippen molar-refractivity contribution in [3.63, 3.8) is 0 Å². The molecule has 0 fully saturated rings. The van der Waals surface area contributed by atoms with Crippen molar-refractivity contribution in [3.05, 3.63) is 77.2 Å². The minimum atomic E-state index is -0.463. The summed E-state index contributed by atoms with van der Waals surface area (Å²) in [6.07, 6.45) is 0. The Morgan fingerprint density at radius 3 is 1.73 bits per heavy atom. The van der Waals surface area contributed by atoms with Gasteiger partial charge in [-0.05, 0) is 35.4 Å². The highest BCUT2D eigenvalue weighted by atomic mass is 35.5. The van der Waals surface area contributed by atoms with Crippen LogP contribution in [0.5, 0.6) is 17.4 Å². The summed E-state index contributed by atoms with van der Waals surface area (Å²) in [6.45, 7) is 1.04. The first kappa shape index (κ1) is 21.7. The topological polar surface area (TPSA) is 43.8 Å². The summed E-state index contributed by atoms with van der Waals surface area (Å²) in [5.74, 6) is 1.39. The first-order valence-corrected chi connectivity index (χ1v) is 9.91. The molecule has 5 nitrogen and oxygen atoms in total. The molecule has 0 aliphatic carbocycles. The first-order valence-electron chi connectivity index (χ1n) is 9.38. The van der Waals surface area contributed by atoms with Gasteiger partial charge >= 0.3 is 0 Å². The molecule has 30 heavy (non-hydrogen) atoms. The highest BCUT2D eigenvalue weighted by Gasteiger charge is 2.19. The van der Waals surface area contributed by atoms with Gasteiger partial charge in [-0.2, -0.15) is 0 Å². The maximum absolute atomic E-state index is 14.5. The number of aromatic nitrogens is 1. The number of hydrogen-bond acceptors (Lipinski definition) is 5. The van der Waals surface area contributed by atoms with Crippen LogP contribution in [0.25, 0.3) is 0 Å². The molecule has 7 heteroatoms. The third-order valence-corrected chi connectivity index (χ3v) is 4.97. The van der Waals surface area contributed by atoms with Crippen LogP contribution in [0.3, 0.4) is 0 Å². The number of methoxy groups -OCH3 is 3. The minimum absolute atomic E-state index is 0.0283. The monoisotopic (exact) mass is 430 g/mol. The zero-order valence-electron chi connectivity index (χ0n) is 17.2. The van der Waals surface area contributed by atoms with E-state index in [4.69, 9.17) is 25.8 Å². The maximum Gasteiger partial charge on any atom is 0.237 e. The van der Waals surface area contributed by atoms with Crippen molar-refractivity contribution >= 4 is 17.3 Å². The summed E-state index contributed by atoms with van der Waals surface area (Å²) in [6, 6.07) is 16.9. The molecule has 0 radical (unpaired) electrons. The van der Waals surface area contributed by atoms with Crippen molar-refractivity contribution in [1.82, 2.24) is 4.98 Å². The Labute approximate surface area is 181 Å². The van der Waals surface area contributed by atoms with Crippen molar-refractivity contribution in [3.8, 4) is 17.4 Å². The molecule has 158 valence electrons. The number of hydrogen-bond donors (Lipinski definition) is 0. The third-order valence-electron chi connectivity index (χ3n) is 4.72. The molecule has 0 atom stereocenters. The van der Waals surface area contributed by atoms with Gasteiger partial charge in [-0.3, -0.25) is 0 Å². The fourth-order valence-corrected chi connectivity index (χ4v) is 3.29. The van der Waals surface area contributed by atoms with Gasteiger partial charge in [0, 0.05) is 19.2 Å². The van der Waals surface area contributed by atoms with Gasteiger partial charge in [0.1, 0.15) is 23.0 Å². The first-order chi connectivity index (χ1) is 14.6. The highest BCUT2D eigenvalue weighted by Crippen LogP contribution is 2.32. The second kappa shape index (κ2) is 10.2. The van der Waals surface area contributed by atoms with Gasteiger partial charge in [0.05, 0.1) is 32.9 Å². The number of nitrogens with zero attached hydrogens (tertiary/aromatic N) is 2. The van der Waals surface area contributed by atoms with Crippen LogP contribution in [-0.2, 0) is 19.0 Å². The predicted molar refractivity (Wildman–Crippen MR) is 116 cm³/mol. The van der Waals surface area contributed by atoms with Crippen LogP contribution in [0.4, 0.5) is 10.1 Å². The van der Waals surface area contributed by atoms with Gasteiger partial charge in [0.15, 0.2) is 0 Å². The van der Waals surface area contributed by atoms with Crippen molar-refractivity contribution in [2.75, 3.05) is 26.2 Å². The molecule has 0 aliphatic heterocycles. The molecular weight excluding hydrogens is 407 g/mol. The minimum Gasteiger partial charge on any atom is -0.497 e. The van der Waals surface area contributed by atoms with E-state index < -0.39 is 5.82 Å². The summed E-state index contributed by atoms with van der Waals surface area (Å²) in [7, 11) is 4.77. The van der Waals surface area contributed by atoms with Gasteiger partial charge < -0.3 is 19.1 Å². The fourth-order valence-electron chi connectivity index (χ4n) is 3.10. The Balaban J connectivity index is 1.98. The van der Waals surface area contributed by atoms with Gasteiger partial charge in [0.25, 0.3) is 0 Å². The molecule has 0 unspecified atom stereocenters. The van der Waals surface area contributed by atoms with Gasteiger partial charge in [-0.1, -0.05) is 24.3 Å². The van der Waals surface area contributed by atoms with E-state index in [1.165, 1.54) is 13.2 Å². The van der Waals surface area contributed by atoms with Crippen LogP contribution in [0.15, 0.2) is 54.6 Å². The number of ether oxygens (including phenoxy) is 3. The Morgan fingerprint density at radius 1 is 0.833 bits per heavy atom. The van der Waals surface area contributed by atoms with E-state index in [1.807, 2.05) is 53.4 Å². The molecule has 0 amide bonds. The van der Waals surface area contributed by atoms with E-state index in [2.05, 4.69) is 4.98 Å². The lowest BCUT2D eigenvalue weighted by Gasteiger charge is -2.27. The van der Waals surface area contributed by atoms with Crippen LogP contribution < -0.4 is 19.1 Å². The predicted octanol–water partition coefficient (Wildman–Crippen LogP) is 5.19. The molecule has 2 aromatic carbocycles. The van der Waals surface area contributed by atoms with Crippen molar-refractivity contribution in [1.29, 1.82) is 0 Å². The summed E-state index contributed by atoms with van der Waals surface area (Å²) < 4.78 is 30.5. The van der Waals surface area contributed by atoms with E-state index >= 15 is 0 Å². The van der Waals surface area contributed by atoms with E-state index in [0.29, 0.717) is 24.7 Å². The molecule has 1 aromatic heterocycles. The number of halogens is 2. The summed E-state index contributed by atoms with van der Waals surface area (Å²) in [5.41, 5.74) is 2.78. The zero-order chi connectivity index (χ0) is 21.5. The molecule has 0 bridgehead atoms. The summed E-state index contributed by atoms with van der Waals surface area (Å²) in [4.78, 5) is 6.27. The normalized spacial score (nSPS) is 10.6. The second-order valence-electron chi connectivity index (χ2n) is 6.63. The average Bonchev–Trinajstić information content (AvgIpc) is 2.79. The molecule has 0 spiro atoms. The highest BCUT2D eigenvalue weighted by molar-refractivity contribution is 6.16. The number of pyridine rings is 1. The van der Waals surface area contributed by atoms with Crippen LogP contribution in [0.1, 0.15) is 16.8 Å². The van der Waals surface area contributed by atoms with Crippen LogP contribution >= 0.6 is 11.6 Å². The Morgan fingerprint density at radius 2 is 1.33 bits per heavy atom. The molecular formula is C23H24ClFN2O3. The third kappa shape index (κ3) is 5.13. The molecule has 0 saturated carbocycles. The fraction of sp³-hybridized carbons (Fsp3) is 0.261. The van der Waals surface area contributed by atoms with E-state index in [-0.39, 0.29) is 11.6 Å². The van der Waals surface area contributed by atoms with E-state index in [0.717, 1.165) is 22.6 Å². The van der Waals surface area contributed by atoms with Gasteiger partial charge in [-0.25, -0.2) is 9.37 Å². The van der Waals surface area contributed by atoms with Crippen molar-refractivity contribution in [2.45, 2.75) is 19.0 Å². The molecule has 3 rings (SSSR count). The second-order valence-corrected chi connectivity index (χ2v) is 6.90. The van der Waals surface area contributed by atoms with Crippen LogP contribution in [0.2, 0.25) is 0 Å². The van der Waals surface area contributed by atoms with E-state index in [9.17, 15) is 4.39 Å². The molecule has 0 saturated heterocycles. The Kier molecular flexibility index (Phi) is 7.36. The van der Waals surface area contributed by atoms with Gasteiger partial charge in [0.2, 0.25) is 5.88 Å². The SMILES string of the molecule is COc1ccc(CN(Cc2ccc(OC)cc2)c2cc(F)c(CCl)nc2OC)cc1.